The minimum Gasteiger partial charge on any atom is -0.481 e. The molecule has 0 amide bonds. The third-order valence-electron chi connectivity index (χ3n) is 6.81. The first-order valence-corrected chi connectivity index (χ1v) is 11.4. The number of benzene rings is 1. The smallest absolute Gasteiger partial charge is 0.309 e. The summed E-state index contributed by atoms with van der Waals surface area (Å²) < 4.78 is 0. The lowest BCUT2D eigenvalue weighted by atomic mass is 9.85. The van der Waals surface area contributed by atoms with Gasteiger partial charge in [-0.25, -0.2) is 0 Å². The van der Waals surface area contributed by atoms with Crippen molar-refractivity contribution in [1.82, 2.24) is 0 Å². The van der Waals surface area contributed by atoms with Gasteiger partial charge in [0.15, 0.2) is 0 Å². The molecule has 158 valence electrons. The second-order valence-corrected chi connectivity index (χ2v) is 10.5. The molecular formula is C26H42O2. The molecule has 0 saturated heterocycles. The van der Waals surface area contributed by atoms with E-state index in [0.29, 0.717) is 5.41 Å². The van der Waals surface area contributed by atoms with Crippen molar-refractivity contribution >= 4 is 5.97 Å². The second kappa shape index (κ2) is 9.46. The molecule has 1 aromatic rings. The third-order valence-corrected chi connectivity index (χ3v) is 6.81. The van der Waals surface area contributed by atoms with Crippen molar-refractivity contribution in [3.63, 3.8) is 0 Å². The van der Waals surface area contributed by atoms with Crippen molar-refractivity contribution in [2.75, 3.05) is 0 Å². The maximum atomic E-state index is 11.3. The first-order chi connectivity index (χ1) is 13.1. The Hall–Kier alpha value is -1.31. The predicted octanol–water partition coefficient (Wildman–Crippen LogP) is 7.34. The van der Waals surface area contributed by atoms with Gasteiger partial charge in [-0.2, -0.15) is 0 Å². The Labute approximate surface area is 173 Å². The van der Waals surface area contributed by atoms with Gasteiger partial charge >= 0.3 is 5.97 Å². The van der Waals surface area contributed by atoms with Gasteiger partial charge in [0.2, 0.25) is 0 Å². The molecule has 2 heteroatoms. The summed E-state index contributed by atoms with van der Waals surface area (Å²) in [5.74, 6) is -0.574. The summed E-state index contributed by atoms with van der Waals surface area (Å²) in [5, 5.41) is 9.32. The molecule has 1 aliphatic rings. The number of aliphatic carboxylic acids is 1. The molecule has 0 unspecified atom stereocenters. The van der Waals surface area contributed by atoms with Gasteiger partial charge in [0.1, 0.15) is 0 Å². The monoisotopic (exact) mass is 386 g/mol. The lowest BCUT2D eigenvalue weighted by Crippen LogP contribution is -2.14. The zero-order valence-corrected chi connectivity index (χ0v) is 19.2. The zero-order valence-electron chi connectivity index (χ0n) is 19.2. The highest BCUT2D eigenvalue weighted by Gasteiger charge is 2.49. The van der Waals surface area contributed by atoms with Crippen molar-refractivity contribution in [1.29, 1.82) is 0 Å². The Morgan fingerprint density at radius 2 is 1.54 bits per heavy atom. The van der Waals surface area contributed by atoms with Crippen molar-refractivity contribution < 1.29 is 9.90 Å². The standard InChI is InChI=1S/C26H42O2/c1-19-18-20(2)22(12-8-7-10-15-26(16-17-26)24(27)28)23(21(19)3)13-9-11-14-25(4,5)6/h18H,7-17H2,1-6H3,(H,27,28). The maximum absolute atomic E-state index is 11.3. The molecule has 0 heterocycles. The van der Waals surface area contributed by atoms with Gasteiger partial charge in [0, 0.05) is 0 Å². The highest BCUT2D eigenvalue weighted by molar-refractivity contribution is 5.77. The predicted molar refractivity (Wildman–Crippen MR) is 119 cm³/mol. The fourth-order valence-electron chi connectivity index (χ4n) is 4.53. The normalized spacial score (nSPS) is 15.6. The van der Waals surface area contributed by atoms with Crippen LogP contribution in [0.2, 0.25) is 0 Å². The Morgan fingerprint density at radius 1 is 0.929 bits per heavy atom. The quantitative estimate of drug-likeness (QED) is 0.404. The summed E-state index contributed by atoms with van der Waals surface area (Å²) in [7, 11) is 0. The summed E-state index contributed by atoms with van der Waals surface area (Å²) >= 11 is 0. The van der Waals surface area contributed by atoms with Crippen LogP contribution in [0.25, 0.3) is 0 Å². The number of hydrogen-bond acceptors (Lipinski definition) is 1. The molecule has 0 atom stereocenters. The van der Waals surface area contributed by atoms with E-state index in [1.165, 1.54) is 48.8 Å². The van der Waals surface area contributed by atoms with Gasteiger partial charge in [-0.05, 0) is 105 Å². The molecule has 1 N–H and O–H groups in total. The SMILES string of the molecule is Cc1cc(C)c(CCCCCC2(C(=O)O)CC2)c(CCCCC(C)(C)C)c1C. The molecule has 0 bridgehead atoms. The Balaban J connectivity index is 1.91. The lowest BCUT2D eigenvalue weighted by molar-refractivity contribution is -0.143. The van der Waals surface area contributed by atoms with Crippen LogP contribution in [0.3, 0.4) is 0 Å². The molecule has 2 rings (SSSR count). The van der Waals surface area contributed by atoms with Crippen LogP contribution in [-0.4, -0.2) is 11.1 Å². The van der Waals surface area contributed by atoms with Crippen molar-refractivity contribution in [3.05, 3.63) is 33.9 Å². The summed E-state index contributed by atoms with van der Waals surface area (Å²) in [4.78, 5) is 11.3. The zero-order chi connectivity index (χ0) is 20.9. The molecule has 0 spiro atoms. The van der Waals surface area contributed by atoms with Gasteiger partial charge < -0.3 is 5.11 Å². The summed E-state index contributed by atoms with van der Waals surface area (Å²) in [6.45, 7) is 13.8. The van der Waals surface area contributed by atoms with Crippen LogP contribution in [0.4, 0.5) is 0 Å². The molecule has 1 fully saturated rings. The van der Waals surface area contributed by atoms with E-state index in [1.807, 2.05) is 0 Å². The van der Waals surface area contributed by atoms with Crippen molar-refractivity contribution in [3.8, 4) is 0 Å². The number of aryl methyl sites for hydroxylation is 2. The van der Waals surface area contributed by atoms with E-state index in [4.69, 9.17) is 0 Å². The fourth-order valence-corrected chi connectivity index (χ4v) is 4.53. The van der Waals surface area contributed by atoms with E-state index in [-0.39, 0.29) is 5.41 Å². The van der Waals surface area contributed by atoms with E-state index in [9.17, 15) is 9.90 Å². The topological polar surface area (TPSA) is 37.3 Å². The van der Waals surface area contributed by atoms with Crippen LogP contribution in [-0.2, 0) is 17.6 Å². The summed E-state index contributed by atoms with van der Waals surface area (Å²) in [6.07, 6.45) is 12.2. The van der Waals surface area contributed by atoms with Gasteiger partial charge in [-0.15, -0.1) is 0 Å². The minimum atomic E-state index is -0.574. The van der Waals surface area contributed by atoms with Crippen LogP contribution >= 0.6 is 0 Å². The van der Waals surface area contributed by atoms with Gasteiger partial charge in [-0.3, -0.25) is 4.79 Å². The Morgan fingerprint density at radius 3 is 2.11 bits per heavy atom. The summed E-state index contributed by atoms with van der Waals surface area (Å²) in [6, 6.07) is 2.35. The second-order valence-electron chi connectivity index (χ2n) is 10.5. The molecule has 2 nitrogen and oxygen atoms in total. The number of hydrogen-bond donors (Lipinski definition) is 1. The van der Waals surface area contributed by atoms with Gasteiger partial charge in [0.05, 0.1) is 5.41 Å². The number of unbranched alkanes of at least 4 members (excludes halogenated alkanes) is 3. The molecule has 0 radical (unpaired) electrons. The van der Waals surface area contributed by atoms with E-state index in [1.54, 1.807) is 11.1 Å². The average molecular weight is 387 g/mol. The fraction of sp³-hybridized carbons (Fsp3) is 0.731. The Bertz CT molecular complexity index is 675. The van der Waals surface area contributed by atoms with Crippen LogP contribution in [0.5, 0.6) is 0 Å². The maximum Gasteiger partial charge on any atom is 0.309 e. The van der Waals surface area contributed by atoms with Crippen LogP contribution in [0, 0.1) is 31.6 Å². The number of carboxylic acid groups (broad SMARTS) is 1. The van der Waals surface area contributed by atoms with Gasteiger partial charge in [-0.1, -0.05) is 46.1 Å². The van der Waals surface area contributed by atoms with Crippen LogP contribution in [0.1, 0.15) is 106 Å². The number of carboxylic acids is 1. The summed E-state index contributed by atoms with van der Waals surface area (Å²) in [5.41, 5.74) is 7.58. The van der Waals surface area contributed by atoms with Crippen LogP contribution < -0.4 is 0 Å². The highest BCUT2D eigenvalue weighted by atomic mass is 16.4. The number of carbonyl (C=O) groups is 1. The molecule has 0 aliphatic heterocycles. The highest BCUT2D eigenvalue weighted by Crippen LogP contribution is 2.50. The molecule has 1 aliphatic carbocycles. The lowest BCUT2D eigenvalue weighted by Gasteiger charge is -2.20. The Kier molecular flexibility index (Phi) is 7.76. The van der Waals surface area contributed by atoms with E-state index in [2.05, 4.69) is 47.6 Å². The molecule has 0 aromatic heterocycles. The molecule has 1 aromatic carbocycles. The molecule has 28 heavy (non-hydrogen) atoms. The van der Waals surface area contributed by atoms with E-state index < -0.39 is 5.97 Å². The van der Waals surface area contributed by atoms with Gasteiger partial charge in [0.25, 0.3) is 0 Å². The first-order valence-electron chi connectivity index (χ1n) is 11.4. The average Bonchev–Trinajstić information content (AvgIpc) is 3.37. The minimum absolute atomic E-state index is 0.353. The van der Waals surface area contributed by atoms with Crippen molar-refractivity contribution in [2.24, 2.45) is 10.8 Å². The molecular weight excluding hydrogens is 344 g/mol. The van der Waals surface area contributed by atoms with E-state index in [0.717, 1.165) is 38.5 Å². The first kappa shape index (κ1) is 23.0. The van der Waals surface area contributed by atoms with Crippen molar-refractivity contribution in [2.45, 2.75) is 112 Å². The van der Waals surface area contributed by atoms with E-state index >= 15 is 0 Å². The third kappa shape index (κ3) is 6.36. The van der Waals surface area contributed by atoms with Crippen LogP contribution in [0.15, 0.2) is 6.07 Å². The molecule has 1 saturated carbocycles. The largest absolute Gasteiger partial charge is 0.481 e. The number of rotatable bonds is 11.